The molecule has 5 heteroatoms. The van der Waals surface area contributed by atoms with Crippen molar-refractivity contribution in [1.29, 1.82) is 5.26 Å². The van der Waals surface area contributed by atoms with Crippen molar-refractivity contribution < 1.29 is 4.79 Å². The summed E-state index contributed by atoms with van der Waals surface area (Å²) in [6.45, 7) is 4.42. The van der Waals surface area contributed by atoms with Crippen molar-refractivity contribution in [2.45, 2.75) is 26.8 Å². The number of nitriles is 1. The van der Waals surface area contributed by atoms with Crippen LogP contribution in [0.25, 0.3) is 0 Å². The van der Waals surface area contributed by atoms with Gasteiger partial charge in [-0.2, -0.15) is 5.26 Å². The second-order valence-electron chi connectivity index (χ2n) is 4.72. The first kappa shape index (κ1) is 15.1. The first-order valence-corrected chi connectivity index (χ1v) is 7.54. The molecule has 3 N–H and O–H groups in total. The van der Waals surface area contributed by atoms with Crippen molar-refractivity contribution in [2.24, 2.45) is 0 Å². The van der Waals surface area contributed by atoms with E-state index in [9.17, 15) is 10.1 Å². The van der Waals surface area contributed by atoms with Gasteiger partial charge in [-0.25, -0.2) is 0 Å². The van der Waals surface area contributed by atoms with Crippen molar-refractivity contribution in [3.05, 3.63) is 45.8 Å². The van der Waals surface area contributed by atoms with Gasteiger partial charge in [0.2, 0.25) is 0 Å². The zero-order valence-corrected chi connectivity index (χ0v) is 12.9. The fourth-order valence-corrected chi connectivity index (χ4v) is 3.11. The second-order valence-corrected chi connectivity index (χ2v) is 5.74. The summed E-state index contributed by atoms with van der Waals surface area (Å²) in [4.78, 5) is 12.3. The lowest BCUT2D eigenvalue weighted by Crippen LogP contribution is -2.01. The van der Waals surface area contributed by atoms with Crippen molar-refractivity contribution in [1.82, 2.24) is 0 Å². The fourth-order valence-electron chi connectivity index (χ4n) is 2.03. The quantitative estimate of drug-likeness (QED) is 0.825. The van der Waals surface area contributed by atoms with Crippen LogP contribution < -0.4 is 11.1 Å². The molecule has 0 bridgehead atoms. The van der Waals surface area contributed by atoms with E-state index in [4.69, 9.17) is 5.73 Å². The predicted octanol–water partition coefficient (Wildman–Crippen LogP) is 3.72. The number of nitrogens with one attached hydrogen (secondary N) is 1. The van der Waals surface area contributed by atoms with Gasteiger partial charge in [0.15, 0.2) is 5.78 Å². The normalized spacial score (nSPS) is 10.1. The minimum absolute atomic E-state index is 0.0297. The first-order chi connectivity index (χ1) is 10.1. The van der Waals surface area contributed by atoms with Crippen LogP contribution in [0.5, 0.6) is 0 Å². The van der Waals surface area contributed by atoms with Gasteiger partial charge in [0, 0.05) is 13.0 Å². The Kier molecular flexibility index (Phi) is 4.61. The summed E-state index contributed by atoms with van der Waals surface area (Å²) in [6, 6.07) is 10.1. The zero-order chi connectivity index (χ0) is 15.4. The van der Waals surface area contributed by atoms with Gasteiger partial charge in [-0.3, -0.25) is 4.79 Å². The lowest BCUT2D eigenvalue weighted by molar-refractivity contribution is 0.0993. The Morgan fingerprint density at radius 2 is 2.14 bits per heavy atom. The van der Waals surface area contributed by atoms with Gasteiger partial charge in [-0.15, -0.1) is 11.3 Å². The number of thiophene rings is 1. The molecule has 0 aliphatic carbocycles. The van der Waals surface area contributed by atoms with Gasteiger partial charge in [-0.1, -0.05) is 31.2 Å². The van der Waals surface area contributed by atoms with E-state index in [1.54, 1.807) is 6.92 Å². The molecule has 0 fully saturated rings. The Balaban J connectivity index is 2.27. The van der Waals surface area contributed by atoms with Crippen LogP contribution in [0.3, 0.4) is 0 Å². The first-order valence-electron chi connectivity index (χ1n) is 6.72. The molecule has 0 saturated carbocycles. The Hall–Kier alpha value is -2.32. The third-order valence-corrected chi connectivity index (χ3v) is 4.54. The van der Waals surface area contributed by atoms with E-state index < -0.39 is 0 Å². The third kappa shape index (κ3) is 3.06. The molecule has 0 aliphatic rings. The van der Waals surface area contributed by atoms with Gasteiger partial charge < -0.3 is 11.1 Å². The molecule has 1 aromatic carbocycles. The number of anilines is 2. The van der Waals surface area contributed by atoms with E-state index in [2.05, 4.69) is 11.4 Å². The van der Waals surface area contributed by atoms with Crippen LogP contribution in [0.15, 0.2) is 24.3 Å². The number of nitrogens with zero attached hydrogens (tertiary/aromatic N) is 1. The highest BCUT2D eigenvalue weighted by Gasteiger charge is 2.19. The zero-order valence-electron chi connectivity index (χ0n) is 12.1. The van der Waals surface area contributed by atoms with Crippen molar-refractivity contribution in [3.8, 4) is 6.07 Å². The average Bonchev–Trinajstić information content (AvgIpc) is 2.81. The van der Waals surface area contributed by atoms with Gasteiger partial charge >= 0.3 is 0 Å². The summed E-state index contributed by atoms with van der Waals surface area (Å²) in [6.07, 6.45) is 0.382. The molecule has 1 aromatic heterocycles. The second kappa shape index (κ2) is 6.42. The van der Waals surface area contributed by atoms with Crippen molar-refractivity contribution in [2.75, 3.05) is 11.1 Å². The van der Waals surface area contributed by atoms with E-state index in [1.807, 2.05) is 31.2 Å². The maximum Gasteiger partial charge on any atom is 0.174 e. The minimum atomic E-state index is -0.0297. The molecule has 0 radical (unpaired) electrons. The molecule has 21 heavy (non-hydrogen) atoms. The van der Waals surface area contributed by atoms with E-state index in [0.29, 0.717) is 34.1 Å². The number of nitrogens with two attached hydrogens (primary N) is 1. The Bertz CT molecular complexity index is 713. The number of aryl methyl sites for hydroxylation is 1. The highest BCUT2D eigenvalue weighted by Crippen LogP contribution is 2.36. The smallest absolute Gasteiger partial charge is 0.174 e. The lowest BCUT2D eigenvalue weighted by atomic mass is 10.1. The van der Waals surface area contributed by atoms with Crippen LogP contribution in [0.2, 0.25) is 0 Å². The number of hydrogen-bond acceptors (Lipinski definition) is 5. The Labute approximate surface area is 128 Å². The molecule has 1 heterocycles. The summed E-state index contributed by atoms with van der Waals surface area (Å²) in [7, 11) is 0. The third-order valence-electron chi connectivity index (χ3n) is 3.33. The highest BCUT2D eigenvalue weighted by atomic mass is 32.1. The van der Waals surface area contributed by atoms with Crippen LogP contribution in [0, 0.1) is 18.3 Å². The van der Waals surface area contributed by atoms with Crippen LogP contribution in [0.4, 0.5) is 10.7 Å². The molecule has 108 valence electrons. The van der Waals surface area contributed by atoms with Gasteiger partial charge in [0.25, 0.3) is 0 Å². The minimum Gasteiger partial charge on any atom is -0.396 e. The number of nitrogen functional groups attached to an aromatic ring is 1. The lowest BCUT2D eigenvalue weighted by Gasteiger charge is -2.07. The average molecular weight is 299 g/mol. The molecule has 0 saturated heterocycles. The van der Waals surface area contributed by atoms with Crippen LogP contribution >= 0.6 is 11.3 Å². The molecule has 2 rings (SSSR count). The maximum atomic E-state index is 11.8. The van der Waals surface area contributed by atoms with Gasteiger partial charge in [0.05, 0.1) is 10.6 Å². The number of hydrogen-bond donors (Lipinski definition) is 2. The summed E-state index contributed by atoms with van der Waals surface area (Å²) >= 11 is 1.26. The summed E-state index contributed by atoms with van der Waals surface area (Å²) in [5.74, 6) is -0.0297. The standard InChI is InChI=1S/C16H17N3OS/c1-3-13(20)15-14(18)12(8-17)16(21-15)19-9-11-7-5-4-6-10(11)2/h4-7,19H,3,9,18H2,1-2H3. The molecule has 0 spiro atoms. The van der Waals surface area contributed by atoms with Crippen LogP contribution in [-0.2, 0) is 6.54 Å². The largest absolute Gasteiger partial charge is 0.396 e. The topological polar surface area (TPSA) is 78.9 Å². The fraction of sp³-hybridized carbons (Fsp3) is 0.250. The number of rotatable bonds is 5. The predicted molar refractivity (Wildman–Crippen MR) is 86.6 cm³/mol. The van der Waals surface area contributed by atoms with Crippen molar-refractivity contribution in [3.63, 3.8) is 0 Å². The monoisotopic (exact) mass is 299 g/mol. The molecule has 4 nitrogen and oxygen atoms in total. The number of ketones is 1. The number of carbonyl (C=O) groups excluding carboxylic acids is 1. The van der Waals surface area contributed by atoms with Gasteiger partial charge in [0.1, 0.15) is 16.6 Å². The van der Waals surface area contributed by atoms with E-state index in [-0.39, 0.29) is 5.78 Å². The summed E-state index contributed by atoms with van der Waals surface area (Å²) in [5.41, 5.74) is 8.90. The molecule has 0 unspecified atom stereocenters. The van der Waals surface area contributed by atoms with E-state index in [1.165, 1.54) is 16.9 Å². The molecule has 0 aliphatic heterocycles. The number of benzene rings is 1. The molecule has 2 aromatic rings. The summed E-state index contributed by atoms with van der Waals surface area (Å²) < 4.78 is 0. The SMILES string of the molecule is CCC(=O)c1sc(NCc2ccccc2C)c(C#N)c1N. The van der Waals surface area contributed by atoms with Gasteiger partial charge in [-0.05, 0) is 18.1 Å². The Morgan fingerprint density at radius 1 is 1.43 bits per heavy atom. The highest BCUT2D eigenvalue weighted by molar-refractivity contribution is 7.19. The van der Waals surface area contributed by atoms with E-state index >= 15 is 0 Å². The molecule has 0 amide bonds. The summed E-state index contributed by atoms with van der Waals surface area (Å²) in [5, 5.41) is 13.1. The van der Waals surface area contributed by atoms with Crippen LogP contribution in [0.1, 0.15) is 39.7 Å². The molecule has 0 atom stereocenters. The number of carbonyl (C=O) groups is 1. The van der Waals surface area contributed by atoms with Crippen LogP contribution in [-0.4, -0.2) is 5.78 Å². The molecular formula is C16H17N3OS. The maximum absolute atomic E-state index is 11.8. The molecular weight excluding hydrogens is 282 g/mol. The van der Waals surface area contributed by atoms with Crippen molar-refractivity contribution >= 4 is 27.8 Å². The van der Waals surface area contributed by atoms with E-state index in [0.717, 1.165) is 5.56 Å². The number of Topliss-reactive ketones (excluding diaryl/α,β-unsaturated/α-hetero) is 1. The Morgan fingerprint density at radius 3 is 2.76 bits per heavy atom.